The van der Waals surface area contributed by atoms with Crippen molar-refractivity contribution in [3.63, 3.8) is 0 Å². The van der Waals surface area contributed by atoms with Gasteiger partial charge in [0.25, 0.3) is 0 Å². The molecule has 3 heteroatoms. The Hall–Kier alpha value is -1.06. The van der Waals surface area contributed by atoms with Gasteiger partial charge in [0, 0.05) is 13.1 Å². The third kappa shape index (κ3) is 3.72. The predicted octanol–water partition coefficient (Wildman–Crippen LogP) is 2.60. The molecule has 2 N–H and O–H groups in total. The number of likely N-dealkylation sites (tertiary alicyclic amines) is 1. The molecule has 1 saturated heterocycles. The second kappa shape index (κ2) is 6.21. The van der Waals surface area contributed by atoms with E-state index in [0.717, 1.165) is 24.6 Å². The highest BCUT2D eigenvalue weighted by Gasteiger charge is 2.18. The summed E-state index contributed by atoms with van der Waals surface area (Å²) < 4.78 is 5.65. The van der Waals surface area contributed by atoms with Crippen LogP contribution >= 0.6 is 0 Å². The van der Waals surface area contributed by atoms with Crippen LogP contribution in [0.3, 0.4) is 0 Å². The number of ether oxygens (including phenoxy) is 1. The van der Waals surface area contributed by atoms with Crippen LogP contribution in [-0.2, 0) is 6.54 Å². The average Bonchev–Trinajstić information content (AvgIpc) is 2.75. The van der Waals surface area contributed by atoms with Gasteiger partial charge >= 0.3 is 0 Å². The molecule has 0 saturated carbocycles. The van der Waals surface area contributed by atoms with Gasteiger partial charge < -0.3 is 4.74 Å². The van der Waals surface area contributed by atoms with E-state index in [1.807, 2.05) is 19.1 Å². The summed E-state index contributed by atoms with van der Waals surface area (Å²) in [6.45, 7) is 7.78. The van der Waals surface area contributed by atoms with Gasteiger partial charge in [-0.25, -0.2) is 0 Å². The predicted molar refractivity (Wildman–Crippen MR) is 74.4 cm³/mol. The van der Waals surface area contributed by atoms with Gasteiger partial charge in [-0.1, -0.05) is 26.0 Å². The quantitative estimate of drug-likeness (QED) is 0.814. The van der Waals surface area contributed by atoms with E-state index in [0.29, 0.717) is 0 Å². The summed E-state index contributed by atoms with van der Waals surface area (Å²) in [7, 11) is 0. The fourth-order valence-corrected chi connectivity index (χ4v) is 2.40. The largest absolute Gasteiger partial charge is 0.476 e. The minimum atomic E-state index is -0.202. The van der Waals surface area contributed by atoms with Crippen molar-refractivity contribution in [2.24, 2.45) is 11.7 Å². The van der Waals surface area contributed by atoms with Crippen LogP contribution in [0.2, 0.25) is 0 Å². The molecule has 0 radical (unpaired) electrons. The van der Waals surface area contributed by atoms with Crippen molar-refractivity contribution in [1.82, 2.24) is 4.90 Å². The molecule has 0 bridgehead atoms. The first kappa shape index (κ1) is 13.4. The Balaban J connectivity index is 1.94. The molecule has 1 aromatic rings. The Kier molecular flexibility index (Phi) is 4.61. The minimum absolute atomic E-state index is 0.202. The van der Waals surface area contributed by atoms with E-state index in [-0.39, 0.29) is 6.23 Å². The van der Waals surface area contributed by atoms with Crippen LogP contribution in [-0.4, -0.2) is 24.2 Å². The van der Waals surface area contributed by atoms with E-state index in [1.165, 1.54) is 25.1 Å². The Morgan fingerprint density at radius 3 is 3.00 bits per heavy atom. The molecule has 1 aromatic carbocycles. The molecule has 100 valence electrons. The molecule has 0 aromatic heterocycles. The van der Waals surface area contributed by atoms with Gasteiger partial charge in [0.1, 0.15) is 12.0 Å². The second-order valence-corrected chi connectivity index (χ2v) is 5.34. The lowest BCUT2D eigenvalue weighted by Gasteiger charge is -2.17. The summed E-state index contributed by atoms with van der Waals surface area (Å²) >= 11 is 0. The fourth-order valence-electron chi connectivity index (χ4n) is 2.40. The Morgan fingerprint density at radius 1 is 1.50 bits per heavy atom. The Labute approximate surface area is 110 Å². The summed E-state index contributed by atoms with van der Waals surface area (Å²) in [5.41, 5.74) is 7.11. The lowest BCUT2D eigenvalue weighted by Crippen LogP contribution is -2.26. The maximum absolute atomic E-state index is 5.80. The molecular weight excluding hydrogens is 224 g/mol. The van der Waals surface area contributed by atoms with Crippen molar-refractivity contribution in [2.75, 3.05) is 13.1 Å². The highest BCUT2D eigenvalue weighted by molar-refractivity contribution is 5.28. The van der Waals surface area contributed by atoms with Crippen LogP contribution in [0.5, 0.6) is 5.75 Å². The van der Waals surface area contributed by atoms with Crippen LogP contribution in [0.4, 0.5) is 0 Å². The maximum atomic E-state index is 5.80. The van der Waals surface area contributed by atoms with Crippen LogP contribution in [0, 0.1) is 5.92 Å². The number of hydrogen-bond acceptors (Lipinski definition) is 3. The Morgan fingerprint density at radius 2 is 2.33 bits per heavy atom. The highest BCUT2D eigenvalue weighted by atomic mass is 16.5. The van der Waals surface area contributed by atoms with Crippen LogP contribution in [0.1, 0.15) is 32.3 Å². The summed E-state index contributed by atoms with van der Waals surface area (Å²) in [6, 6.07) is 8.30. The van der Waals surface area contributed by atoms with E-state index in [1.54, 1.807) is 0 Å². The maximum Gasteiger partial charge on any atom is 0.147 e. The zero-order chi connectivity index (χ0) is 13.0. The number of nitrogens with two attached hydrogens (primary N) is 1. The summed E-state index contributed by atoms with van der Waals surface area (Å²) in [4.78, 5) is 2.50. The lowest BCUT2D eigenvalue weighted by molar-refractivity contribution is 0.204. The average molecular weight is 248 g/mol. The molecule has 18 heavy (non-hydrogen) atoms. The van der Waals surface area contributed by atoms with Gasteiger partial charge in [0.05, 0.1) is 0 Å². The van der Waals surface area contributed by atoms with Crippen molar-refractivity contribution < 1.29 is 4.74 Å². The molecule has 0 amide bonds. The SMILES string of the molecule is CCC(N)Oc1cccc(CN2CCC(C)C2)c1. The number of rotatable bonds is 5. The van der Waals surface area contributed by atoms with Gasteiger partial charge in [-0.15, -0.1) is 0 Å². The second-order valence-electron chi connectivity index (χ2n) is 5.34. The normalized spacial score (nSPS) is 22.1. The van der Waals surface area contributed by atoms with Crippen LogP contribution < -0.4 is 10.5 Å². The smallest absolute Gasteiger partial charge is 0.147 e. The first-order valence-corrected chi connectivity index (χ1v) is 6.91. The highest BCUT2D eigenvalue weighted by Crippen LogP contribution is 2.20. The lowest BCUT2D eigenvalue weighted by atomic mass is 10.2. The first-order valence-electron chi connectivity index (χ1n) is 6.91. The molecule has 2 rings (SSSR count). The van der Waals surface area contributed by atoms with Crippen molar-refractivity contribution >= 4 is 0 Å². The van der Waals surface area contributed by atoms with E-state index >= 15 is 0 Å². The molecule has 1 fully saturated rings. The van der Waals surface area contributed by atoms with Gasteiger partial charge in [-0.05, 0) is 43.0 Å². The first-order chi connectivity index (χ1) is 8.67. The number of nitrogens with zero attached hydrogens (tertiary/aromatic N) is 1. The van der Waals surface area contributed by atoms with Gasteiger partial charge in [0.2, 0.25) is 0 Å². The Bertz CT molecular complexity index is 381. The zero-order valence-electron chi connectivity index (χ0n) is 11.4. The third-order valence-corrected chi connectivity index (χ3v) is 3.50. The standard InChI is InChI=1S/C15H24N2O/c1-3-15(16)18-14-6-4-5-13(9-14)11-17-8-7-12(2)10-17/h4-6,9,12,15H,3,7-8,10-11,16H2,1-2H3. The van der Waals surface area contributed by atoms with E-state index in [4.69, 9.17) is 10.5 Å². The van der Waals surface area contributed by atoms with Crippen LogP contribution in [0.15, 0.2) is 24.3 Å². The molecular formula is C15H24N2O. The van der Waals surface area contributed by atoms with Gasteiger partial charge in [-0.2, -0.15) is 0 Å². The molecule has 0 aliphatic carbocycles. The fraction of sp³-hybridized carbons (Fsp3) is 0.600. The molecule has 1 aliphatic rings. The summed E-state index contributed by atoms with van der Waals surface area (Å²) in [5.74, 6) is 1.71. The molecule has 0 spiro atoms. The monoisotopic (exact) mass is 248 g/mol. The van der Waals surface area contributed by atoms with Gasteiger partial charge in [0.15, 0.2) is 0 Å². The zero-order valence-corrected chi connectivity index (χ0v) is 11.4. The topological polar surface area (TPSA) is 38.5 Å². The molecule has 2 atom stereocenters. The van der Waals surface area contributed by atoms with E-state index in [2.05, 4.69) is 24.0 Å². The van der Waals surface area contributed by atoms with Crippen LogP contribution in [0.25, 0.3) is 0 Å². The third-order valence-electron chi connectivity index (χ3n) is 3.50. The summed E-state index contributed by atoms with van der Waals surface area (Å²) in [5, 5.41) is 0. The molecule has 1 heterocycles. The van der Waals surface area contributed by atoms with E-state index < -0.39 is 0 Å². The summed E-state index contributed by atoms with van der Waals surface area (Å²) in [6.07, 6.45) is 1.94. The van der Waals surface area contributed by atoms with Crippen molar-refractivity contribution in [2.45, 2.75) is 39.5 Å². The van der Waals surface area contributed by atoms with Crippen molar-refractivity contribution in [3.05, 3.63) is 29.8 Å². The molecule has 2 unspecified atom stereocenters. The van der Waals surface area contributed by atoms with E-state index in [9.17, 15) is 0 Å². The molecule has 3 nitrogen and oxygen atoms in total. The van der Waals surface area contributed by atoms with Gasteiger partial charge in [-0.3, -0.25) is 10.6 Å². The van der Waals surface area contributed by atoms with Crippen molar-refractivity contribution in [1.29, 1.82) is 0 Å². The molecule has 1 aliphatic heterocycles. The van der Waals surface area contributed by atoms with Crippen molar-refractivity contribution in [3.8, 4) is 5.75 Å². The number of hydrogen-bond donors (Lipinski definition) is 1. The minimum Gasteiger partial charge on any atom is -0.476 e. The number of benzene rings is 1.